The monoisotopic (exact) mass is 396 g/mol. The van der Waals surface area contributed by atoms with Gasteiger partial charge in [0.25, 0.3) is 0 Å². The topological polar surface area (TPSA) is 25.4 Å². The Bertz CT molecular complexity index is 749. The number of pyridine rings is 1. The molecule has 3 nitrogen and oxygen atoms in total. The number of piperidine rings is 1. The van der Waals surface area contributed by atoms with Crippen LogP contribution in [0.25, 0.3) is 10.9 Å². The van der Waals surface area contributed by atoms with E-state index in [9.17, 15) is 0 Å². The normalized spacial score (nSPS) is 17.1. The van der Waals surface area contributed by atoms with Crippen LogP contribution in [-0.4, -0.2) is 35.1 Å². The average Bonchev–Trinajstić information content (AvgIpc) is 2.73. The molecule has 2 aromatic rings. The van der Waals surface area contributed by atoms with Crippen molar-refractivity contribution in [2.24, 2.45) is 5.92 Å². The second-order valence-electron chi connectivity index (χ2n) is 9.16. The minimum atomic E-state index is 0.306. The van der Waals surface area contributed by atoms with Gasteiger partial charge in [-0.15, -0.1) is 0 Å². The van der Waals surface area contributed by atoms with Gasteiger partial charge in [0.1, 0.15) is 17.4 Å². The molecule has 0 spiro atoms. The first-order valence-corrected chi connectivity index (χ1v) is 11.9. The molecule has 3 rings (SSSR count). The van der Waals surface area contributed by atoms with E-state index >= 15 is 0 Å². The molecular weight excluding hydrogens is 356 g/mol. The minimum absolute atomic E-state index is 0.306. The van der Waals surface area contributed by atoms with Gasteiger partial charge < -0.3 is 9.64 Å². The second-order valence-corrected chi connectivity index (χ2v) is 9.16. The number of likely N-dealkylation sites (tertiary alicyclic amines) is 1. The van der Waals surface area contributed by atoms with Crippen molar-refractivity contribution in [3.05, 3.63) is 36.0 Å². The third kappa shape index (κ3) is 6.18. The summed E-state index contributed by atoms with van der Waals surface area (Å²) in [6.07, 6.45) is 11.9. The van der Waals surface area contributed by atoms with Crippen LogP contribution in [0.15, 0.2) is 30.5 Å². The molecule has 0 amide bonds. The summed E-state index contributed by atoms with van der Waals surface area (Å²) in [4.78, 5) is 7.33. The highest BCUT2D eigenvalue weighted by Crippen LogP contribution is 2.30. The molecule has 1 aromatic carbocycles. The number of rotatable bonds is 10. The van der Waals surface area contributed by atoms with Crippen molar-refractivity contribution < 1.29 is 4.74 Å². The van der Waals surface area contributed by atoms with Gasteiger partial charge in [-0.2, -0.15) is 0 Å². The Balaban J connectivity index is 1.64. The molecule has 2 heterocycles. The van der Waals surface area contributed by atoms with Crippen molar-refractivity contribution in [2.45, 2.75) is 91.2 Å². The maximum Gasteiger partial charge on any atom is 0.146 e. The standard InChI is InChI=1S/C26H40N2O/c1-5-7-9-21-18-22-10-8-15-27-26(22)25(19-21)29-24-13-16-28(17-14-24)23(6-2)12-11-20(3)4/h8,10,15,18-20,23-24H,5-7,9,11-14,16-17H2,1-4H3. The maximum atomic E-state index is 6.56. The van der Waals surface area contributed by atoms with E-state index < -0.39 is 0 Å². The molecule has 1 fully saturated rings. The number of benzene rings is 1. The summed E-state index contributed by atoms with van der Waals surface area (Å²) in [5.41, 5.74) is 2.39. The van der Waals surface area contributed by atoms with Crippen LogP contribution in [0.4, 0.5) is 0 Å². The molecule has 1 aliphatic heterocycles. The zero-order valence-electron chi connectivity index (χ0n) is 19.0. The number of hydrogen-bond acceptors (Lipinski definition) is 3. The van der Waals surface area contributed by atoms with Crippen LogP contribution in [0.3, 0.4) is 0 Å². The van der Waals surface area contributed by atoms with Gasteiger partial charge in [0.15, 0.2) is 0 Å². The van der Waals surface area contributed by atoms with E-state index in [-0.39, 0.29) is 0 Å². The Labute approximate surface area is 177 Å². The zero-order valence-corrected chi connectivity index (χ0v) is 19.0. The van der Waals surface area contributed by atoms with Crippen molar-refractivity contribution in [1.82, 2.24) is 9.88 Å². The van der Waals surface area contributed by atoms with Crippen LogP contribution in [0.5, 0.6) is 5.75 Å². The number of unbranched alkanes of at least 4 members (excludes halogenated alkanes) is 1. The second kappa shape index (κ2) is 11.0. The van der Waals surface area contributed by atoms with Gasteiger partial charge in [0, 0.05) is 30.7 Å². The molecular formula is C26H40N2O. The van der Waals surface area contributed by atoms with E-state index in [0.717, 1.165) is 55.6 Å². The summed E-state index contributed by atoms with van der Waals surface area (Å²) < 4.78 is 6.56. The highest BCUT2D eigenvalue weighted by molar-refractivity contribution is 5.85. The van der Waals surface area contributed by atoms with Gasteiger partial charge in [-0.1, -0.05) is 40.2 Å². The van der Waals surface area contributed by atoms with E-state index in [1.165, 1.54) is 43.1 Å². The van der Waals surface area contributed by atoms with Gasteiger partial charge in [-0.25, -0.2) is 0 Å². The fraction of sp³-hybridized carbons (Fsp3) is 0.654. The molecule has 1 aromatic heterocycles. The largest absolute Gasteiger partial charge is 0.488 e. The van der Waals surface area contributed by atoms with Crippen molar-refractivity contribution in [1.29, 1.82) is 0 Å². The zero-order chi connectivity index (χ0) is 20.6. The lowest BCUT2D eigenvalue weighted by Gasteiger charge is -2.37. The number of ether oxygens (including phenoxy) is 1. The molecule has 0 saturated carbocycles. The number of aromatic nitrogens is 1. The first kappa shape index (κ1) is 22.1. The minimum Gasteiger partial charge on any atom is -0.488 e. The fourth-order valence-electron chi connectivity index (χ4n) is 4.54. The number of nitrogens with zero attached hydrogens (tertiary/aromatic N) is 2. The van der Waals surface area contributed by atoms with Crippen molar-refractivity contribution in [2.75, 3.05) is 13.1 Å². The third-order valence-corrected chi connectivity index (χ3v) is 6.38. The van der Waals surface area contributed by atoms with Crippen molar-refractivity contribution in [3.8, 4) is 5.75 Å². The summed E-state index contributed by atoms with van der Waals surface area (Å²) in [7, 11) is 0. The SMILES string of the molecule is CCCCc1cc(OC2CCN(C(CC)CCC(C)C)CC2)c2ncccc2c1. The quantitative estimate of drug-likeness (QED) is 0.450. The van der Waals surface area contributed by atoms with Crippen molar-refractivity contribution in [3.63, 3.8) is 0 Å². The Kier molecular flexibility index (Phi) is 8.35. The average molecular weight is 397 g/mol. The number of fused-ring (bicyclic) bond motifs is 1. The molecule has 1 unspecified atom stereocenters. The molecule has 29 heavy (non-hydrogen) atoms. The molecule has 1 atom stereocenters. The maximum absolute atomic E-state index is 6.56. The van der Waals surface area contributed by atoms with Gasteiger partial charge in [0.05, 0.1) is 0 Å². The Morgan fingerprint density at radius 3 is 2.62 bits per heavy atom. The summed E-state index contributed by atoms with van der Waals surface area (Å²) in [5, 5.41) is 1.20. The number of hydrogen-bond donors (Lipinski definition) is 0. The highest BCUT2D eigenvalue weighted by atomic mass is 16.5. The molecule has 1 saturated heterocycles. The van der Waals surface area contributed by atoms with E-state index in [4.69, 9.17) is 4.74 Å². The predicted octanol–water partition coefficient (Wildman–Crippen LogP) is 6.64. The summed E-state index contributed by atoms with van der Waals surface area (Å²) in [5.74, 6) is 1.78. The van der Waals surface area contributed by atoms with Crippen LogP contribution in [0.1, 0.15) is 78.2 Å². The van der Waals surface area contributed by atoms with Crippen molar-refractivity contribution >= 4 is 10.9 Å². The Hall–Kier alpha value is -1.61. The lowest BCUT2D eigenvalue weighted by atomic mass is 9.97. The van der Waals surface area contributed by atoms with Crippen LogP contribution in [0.2, 0.25) is 0 Å². The molecule has 160 valence electrons. The predicted molar refractivity (Wildman–Crippen MR) is 124 cm³/mol. The van der Waals surface area contributed by atoms with E-state index in [1.807, 2.05) is 12.3 Å². The van der Waals surface area contributed by atoms with Gasteiger partial charge >= 0.3 is 0 Å². The molecule has 0 bridgehead atoms. The van der Waals surface area contributed by atoms with E-state index in [0.29, 0.717) is 6.10 Å². The smallest absolute Gasteiger partial charge is 0.146 e. The summed E-state index contributed by atoms with van der Waals surface area (Å²) in [6, 6.07) is 9.45. The van der Waals surface area contributed by atoms with Crippen LogP contribution in [0, 0.1) is 5.92 Å². The first-order chi connectivity index (χ1) is 14.1. The van der Waals surface area contributed by atoms with Gasteiger partial charge in [-0.3, -0.25) is 4.98 Å². The highest BCUT2D eigenvalue weighted by Gasteiger charge is 2.25. The van der Waals surface area contributed by atoms with Gasteiger partial charge in [-0.05, 0) is 74.6 Å². The molecule has 0 radical (unpaired) electrons. The van der Waals surface area contributed by atoms with Crippen LogP contribution < -0.4 is 4.74 Å². The molecule has 0 aliphatic carbocycles. The van der Waals surface area contributed by atoms with Crippen LogP contribution >= 0.6 is 0 Å². The van der Waals surface area contributed by atoms with Crippen LogP contribution in [-0.2, 0) is 6.42 Å². The summed E-state index contributed by atoms with van der Waals surface area (Å²) >= 11 is 0. The molecule has 0 N–H and O–H groups in total. The fourth-order valence-corrected chi connectivity index (χ4v) is 4.54. The first-order valence-electron chi connectivity index (χ1n) is 11.9. The summed E-state index contributed by atoms with van der Waals surface area (Å²) in [6.45, 7) is 11.6. The third-order valence-electron chi connectivity index (χ3n) is 6.38. The Morgan fingerprint density at radius 1 is 1.14 bits per heavy atom. The van der Waals surface area contributed by atoms with E-state index in [2.05, 4.69) is 55.8 Å². The van der Waals surface area contributed by atoms with E-state index in [1.54, 1.807) is 0 Å². The lowest BCUT2D eigenvalue weighted by Crippen LogP contribution is -2.44. The van der Waals surface area contributed by atoms with Gasteiger partial charge in [0.2, 0.25) is 0 Å². The molecule has 3 heteroatoms. The lowest BCUT2D eigenvalue weighted by molar-refractivity contribution is 0.0701. The Morgan fingerprint density at radius 2 is 1.93 bits per heavy atom. The molecule has 1 aliphatic rings. The number of aryl methyl sites for hydroxylation is 1.